The molecule has 196 valence electrons. The number of aliphatic hydroxyl groups is 2. The van der Waals surface area contributed by atoms with Gasteiger partial charge in [0, 0.05) is 41.3 Å². The number of benzene rings is 1. The summed E-state index contributed by atoms with van der Waals surface area (Å²) in [5, 5.41) is 24.5. The standard InChI is InChI=1S/C27H36FN3O4S/c1-5-31(6-2)22(34)13-18-23-19(14-20-26(18,3)11-10-21(33)27(20,4)15-32)36-25(29-23)30-24(35)16-8-7-9-17(28)12-16/h7-9,12,18,20-21,32-33H,5-6,10-11,13-15H2,1-4H3,(H,29,30,35)/t18-,20+,21-,26+,27+/m1/s1. The predicted octanol–water partition coefficient (Wildman–Crippen LogP) is 4.21. The second-order valence-corrected chi connectivity index (χ2v) is 11.7. The molecule has 1 fully saturated rings. The summed E-state index contributed by atoms with van der Waals surface area (Å²) in [7, 11) is 0. The molecule has 2 amide bonds. The van der Waals surface area contributed by atoms with Crippen molar-refractivity contribution < 1.29 is 24.2 Å². The van der Waals surface area contributed by atoms with E-state index in [1.54, 1.807) is 6.07 Å². The average Bonchev–Trinajstić information content (AvgIpc) is 3.25. The first-order valence-electron chi connectivity index (χ1n) is 12.7. The Bertz CT molecular complexity index is 1140. The molecule has 0 bridgehead atoms. The molecule has 0 spiro atoms. The summed E-state index contributed by atoms with van der Waals surface area (Å²) in [4.78, 5) is 33.6. The van der Waals surface area contributed by atoms with E-state index in [0.717, 1.165) is 10.6 Å². The first kappa shape index (κ1) is 26.7. The van der Waals surface area contributed by atoms with Crippen LogP contribution in [0.1, 0.15) is 73.8 Å². The molecule has 1 saturated carbocycles. The van der Waals surface area contributed by atoms with Crippen LogP contribution in [0.5, 0.6) is 0 Å². The number of nitrogens with zero attached hydrogens (tertiary/aromatic N) is 2. The lowest BCUT2D eigenvalue weighted by atomic mass is 9.47. The SMILES string of the molecule is CCN(CC)C(=O)C[C@@H]1c2nc(NC(=O)c3cccc(F)c3)sc2C[C@@H]2[C@](C)(CO)[C@H](O)CC[C@]21C. The molecule has 36 heavy (non-hydrogen) atoms. The monoisotopic (exact) mass is 517 g/mol. The number of thiazole rings is 1. The first-order valence-corrected chi connectivity index (χ1v) is 13.5. The van der Waals surface area contributed by atoms with E-state index >= 15 is 0 Å². The molecule has 7 nitrogen and oxygen atoms in total. The van der Waals surface area contributed by atoms with E-state index in [2.05, 4.69) is 12.2 Å². The Kier molecular flexibility index (Phi) is 7.55. The van der Waals surface area contributed by atoms with Gasteiger partial charge in [0.1, 0.15) is 5.82 Å². The topological polar surface area (TPSA) is 103 Å². The number of carbonyl (C=O) groups is 2. The number of rotatable bonds is 7. The van der Waals surface area contributed by atoms with Gasteiger partial charge in [-0.2, -0.15) is 0 Å². The van der Waals surface area contributed by atoms with E-state index in [9.17, 15) is 24.2 Å². The van der Waals surface area contributed by atoms with E-state index in [1.165, 1.54) is 29.5 Å². The van der Waals surface area contributed by atoms with Gasteiger partial charge in [0.15, 0.2) is 5.13 Å². The van der Waals surface area contributed by atoms with E-state index < -0.39 is 23.2 Å². The van der Waals surface area contributed by atoms with Crippen LogP contribution in [0.25, 0.3) is 0 Å². The number of aliphatic hydroxyl groups excluding tert-OH is 2. The van der Waals surface area contributed by atoms with Gasteiger partial charge in [-0.3, -0.25) is 14.9 Å². The van der Waals surface area contributed by atoms with Gasteiger partial charge in [0.25, 0.3) is 5.91 Å². The van der Waals surface area contributed by atoms with Crippen LogP contribution in [0, 0.1) is 22.6 Å². The summed E-state index contributed by atoms with van der Waals surface area (Å²) in [6.07, 6.45) is 1.50. The minimum Gasteiger partial charge on any atom is -0.396 e. The summed E-state index contributed by atoms with van der Waals surface area (Å²) < 4.78 is 13.6. The van der Waals surface area contributed by atoms with E-state index in [1.807, 2.05) is 25.7 Å². The fourth-order valence-corrected chi connectivity index (χ4v) is 7.44. The van der Waals surface area contributed by atoms with Crippen molar-refractivity contribution in [1.82, 2.24) is 9.88 Å². The number of nitrogens with one attached hydrogen (secondary N) is 1. The number of aromatic nitrogens is 1. The molecule has 3 N–H and O–H groups in total. The molecule has 4 rings (SSSR count). The zero-order valence-corrected chi connectivity index (χ0v) is 22.2. The molecule has 9 heteroatoms. The highest BCUT2D eigenvalue weighted by molar-refractivity contribution is 7.15. The van der Waals surface area contributed by atoms with Gasteiger partial charge in [-0.15, -0.1) is 11.3 Å². The number of fused-ring (bicyclic) bond motifs is 2. The van der Waals surface area contributed by atoms with Crippen molar-refractivity contribution in [3.63, 3.8) is 0 Å². The minimum absolute atomic E-state index is 0.0491. The Labute approximate surface area is 215 Å². The molecule has 1 aromatic heterocycles. The van der Waals surface area contributed by atoms with Crippen molar-refractivity contribution in [2.75, 3.05) is 25.0 Å². The fourth-order valence-electron chi connectivity index (χ4n) is 6.38. The van der Waals surface area contributed by atoms with Gasteiger partial charge in [-0.25, -0.2) is 9.37 Å². The molecule has 2 aliphatic carbocycles. The quantitative estimate of drug-likeness (QED) is 0.511. The maximum atomic E-state index is 13.6. The number of hydrogen-bond donors (Lipinski definition) is 3. The lowest BCUT2D eigenvalue weighted by Crippen LogP contribution is -2.57. The van der Waals surface area contributed by atoms with Crippen LogP contribution >= 0.6 is 11.3 Å². The Balaban J connectivity index is 1.73. The number of halogens is 1. The molecule has 0 saturated heterocycles. The van der Waals surface area contributed by atoms with Crippen molar-refractivity contribution >= 4 is 28.3 Å². The van der Waals surface area contributed by atoms with Gasteiger partial charge in [0.05, 0.1) is 18.4 Å². The highest BCUT2D eigenvalue weighted by Gasteiger charge is 2.59. The third-order valence-corrected chi connectivity index (χ3v) is 9.70. The number of hydrogen-bond acceptors (Lipinski definition) is 6. The number of anilines is 1. The molecule has 0 aliphatic heterocycles. The molecular weight excluding hydrogens is 481 g/mol. The Morgan fingerprint density at radius 1 is 1.28 bits per heavy atom. The smallest absolute Gasteiger partial charge is 0.257 e. The average molecular weight is 518 g/mol. The van der Waals surface area contributed by atoms with E-state index in [-0.39, 0.29) is 41.7 Å². The van der Waals surface area contributed by atoms with Gasteiger partial charge >= 0.3 is 0 Å². The van der Waals surface area contributed by atoms with Crippen LogP contribution in [-0.4, -0.2) is 57.7 Å². The Hall–Kier alpha value is -2.36. The zero-order chi connectivity index (χ0) is 26.3. The predicted molar refractivity (Wildman–Crippen MR) is 137 cm³/mol. The molecule has 1 heterocycles. The normalized spacial score (nSPS) is 29.2. The van der Waals surface area contributed by atoms with Gasteiger partial charge < -0.3 is 15.1 Å². The largest absolute Gasteiger partial charge is 0.396 e. The van der Waals surface area contributed by atoms with Crippen molar-refractivity contribution in [3.05, 3.63) is 46.2 Å². The highest BCUT2D eigenvalue weighted by atomic mass is 32.1. The van der Waals surface area contributed by atoms with Crippen LogP contribution in [0.3, 0.4) is 0 Å². The fraction of sp³-hybridized carbons (Fsp3) is 0.593. The van der Waals surface area contributed by atoms with Gasteiger partial charge in [-0.05, 0) is 62.6 Å². The molecular formula is C27H36FN3O4S. The third-order valence-electron chi connectivity index (χ3n) is 8.70. The highest BCUT2D eigenvalue weighted by Crippen LogP contribution is 2.62. The summed E-state index contributed by atoms with van der Waals surface area (Å²) in [6.45, 7) is 9.10. The summed E-state index contributed by atoms with van der Waals surface area (Å²) >= 11 is 1.36. The second kappa shape index (κ2) is 10.2. The molecule has 0 unspecified atom stereocenters. The molecule has 1 aromatic carbocycles. The molecule has 5 atom stereocenters. The van der Waals surface area contributed by atoms with Crippen molar-refractivity contribution in [2.45, 2.75) is 65.4 Å². The van der Waals surface area contributed by atoms with Crippen LogP contribution in [0.15, 0.2) is 24.3 Å². The Morgan fingerprint density at radius 3 is 2.64 bits per heavy atom. The van der Waals surface area contributed by atoms with Crippen LogP contribution in [0.4, 0.5) is 9.52 Å². The van der Waals surface area contributed by atoms with Crippen molar-refractivity contribution in [1.29, 1.82) is 0 Å². The zero-order valence-electron chi connectivity index (χ0n) is 21.4. The molecule has 2 aliphatic rings. The van der Waals surface area contributed by atoms with Crippen LogP contribution in [0.2, 0.25) is 0 Å². The first-order chi connectivity index (χ1) is 17.1. The van der Waals surface area contributed by atoms with E-state index in [4.69, 9.17) is 4.98 Å². The third kappa shape index (κ3) is 4.57. The maximum Gasteiger partial charge on any atom is 0.257 e. The second-order valence-electron chi connectivity index (χ2n) is 10.6. The minimum atomic E-state index is -0.712. The summed E-state index contributed by atoms with van der Waals surface area (Å²) in [6, 6.07) is 5.49. The lowest BCUT2D eigenvalue weighted by Gasteiger charge is -2.58. The van der Waals surface area contributed by atoms with Crippen LogP contribution in [-0.2, 0) is 11.2 Å². The molecule has 0 radical (unpaired) electrons. The van der Waals surface area contributed by atoms with Gasteiger partial charge in [-0.1, -0.05) is 19.9 Å². The Morgan fingerprint density at radius 2 is 2.00 bits per heavy atom. The van der Waals surface area contributed by atoms with Gasteiger partial charge in [0.2, 0.25) is 5.91 Å². The molecule has 2 aromatic rings. The van der Waals surface area contributed by atoms with E-state index in [0.29, 0.717) is 37.5 Å². The lowest BCUT2D eigenvalue weighted by molar-refractivity contribution is -0.147. The van der Waals surface area contributed by atoms with Crippen LogP contribution < -0.4 is 5.32 Å². The summed E-state index contributed by atoms with van der Waals surface area (Å²) in [5.41, 5.74) is -0.0563. The number of carbonyl (C=O) groups excluding carboxylic acids is 2. The summed E-state index contributed by atoms with van der Waals surface area (Å²) in [5.74, 6) is -1.17. The van der Waals surface area contributed by atoms with Crippen molar-refractivity contribution in [3.8, 4) is 0 Å². The number of amides is 2. The maximum absolute atomic E-state index is 13.6. The van der Waals surface area contributed by atoms with Crippen molar-refractivity contribution in [2.24, 2.45) is 16.7 Å².